The zero-order chi connectivity index (χ0) is 14.9. The van der Waals surface area contributed by atoms with Crippen LogP contribution in [0.2, 0.25) is 0 Å². The van der Waals surface area contributed by atoms with E-state index in [4.69, 9.17) is 5.11 Å². The van der Waals surface area contributed by atoms with E-state index in [0.717, 1.165) is 9.13 Å². The highest BCUT2D eigenvalue weighted by Crippen LogP contribution is 2.38. The van der Waals surface area contributed by atoms with Crippen LogP contribution in [0.15, 0.2) is 24.3 Å². The number of likely N-dealkylation sites (tertiary alicyclic amines) is 1. The van der Waals surface area contributed by atoms with Crippen molar-refractivity contribution in [2.75, 3.05) is 13.1 Å². The van der Waals surface area contributed by atoms with E-state index in [1.165, 1.54) is 0 Å². The summed E-state index contributed by atoms with van der Waals surface area (Å²) in [6.45, 7) is 0.0180. The average Bonchev–Trinajstić information content (AvgIpc) is 2.73. The third kappa shape index (κ3) is 3.63. The van der Waals surface area contributed by atoms with Crippen LogP contribution in [0.4, 0.5) is 13.2 Å². The number of carboxylic acids is 1. The number of carbonyl (C=O) groups is 1. The van der Waals surface area contributed by atoms with Crippen LogP contribution in [0.3, 0.4) is 0 Å². The van der Waals surface area contributed by atoms with E-state index in [0.29, 0.717) is 6.54 Å². The monoisotopic (exact) mass is 399 g/mol. The summed E-state index contributed by atoms with van der Waals surface area (Å²) in [5, 5.41) is 8.95. The maximum Gasteiger partial charge on any atom is 0.393 e. The topological polar surface area (TPSA) is 40.5 Å². The first-order chi connectivity index (χ1) is 9.27. The highest BCUT2D eigenvalue weighted by Gasteiger charge is 2.52. The van der Waals surface area contributed by atoms with Gasteiger partial charge < -0.3 is 5.11 Å². The fraction of sp³-hybridized carbons (Fsp3) is 0.462. The number of benzene rings is 1. The zero-order valence-electron chi connectivity index (χ0n) is 10.4. The Balaban J connectivity index is 2.10. The number of rotatable bonds is 3. The number of hydrogen-bond donors (Lipinski definition) is 1. The lowest BCUT2D eigenvalue weighted by Crippen LogP contribution is -2.33. The number of alkyl halides is 3. The summed E-state index contributed by atoms with van der Waals surface area (Å²) in [5.41, 5.74) is 0.892. The number of aliphatic carboxylic acids is 1. The lowest BCUT2D eigenvalue weighted by Gasteiger charge is -2.18. The van der Waals surface area contributed by atoms with Gasteiger partial charge >= 0.3 is 12.1 Å². The summed E-state index contributed by atoms with van der Waals surface area (Å²) in [5.74, 6) is -4.54. The van der Waals surface area contributed by atoms with Gasteiger partial charge in [-0.2, -0.15) is 13.2 Å². The lowest BCUT2D eigenvalue weighted by atomic mass is 9.96. The number of nitrogens with zero attached hydrogens (tertiary/aromatic N) is 1. The second-order valence-electron chi connectivity index (χ2n) is 4.92. The fourth-order valence-electron chi connectivity index (χ4n) is 2.49. The van der Waals surface area contributed by atoms with Gasteiger partial charge in [-0.25, -0.2) is 0 Å². The van der Waals surface area contributed by atoms with Gasteiger partial charge in [0.05, 0.1) is 11.8 Å². The van der Waals surface area contributed by atoms with Crippen LogP contribution in [0.25, 0.3) is 0 Å². The van der Waals surface area contributed by atoms with Gasteiger partial charge in [0.15, 0.2) is 0 Å². The molecule has 2 rings (SSSR count). The standard InChI is InChI=1S/C13H13F3INO2/c14-13(15,16)11-7-18(6-10(11)12(19)20)5-8-2-1-3-9(17)4-8/h1-4,10-11H,5-7H2,(H,19,20)/t10-,11-/m1/s1. The van der Waals surface area contributed by atoms with E-state index in [2.05, 4.69) is 22.6 Å². The largest absolute Gasteiger partial charge is 0.481 e. The van der Waals surface area contributed by atoms with Crippen molar-refractivity contribution < 1.29 is 23.1 Å². The third-order valence-corrected chi connectivity index (χ3v) is 4.10. The third-order valence-electron chi connectivity index (χ3n) is 3.43. The normalized spacial score (nSPS) is 24.0. The van der Waals surface area contributed by atoms with Crippen molar-refractivity contribution in [3.8, 4) is 0 Å². The molecule has 110 valence electrons. The highest BCUT2D eigenvalue weighted by atomic mass is 127. The Morgan fingerprint density at radius 1 is 1.40 bits per heavy atom. The van der Waals surface area contributed by atoms with Crippen LogP contribution in [0.5, 0.6) is 0 Å². The van der Waals surface area contributed by atoms with E-state index in [1.54, 1.807) is 4.90 Å². The molecular weight excluding hydrogens is 386 g/mol. The fourth-order valence-corrected chi connectivity index (χ4v) is 3.10. The second-order valence-corrected chi connectivity index (χ2v) is 6.16. The van der Waals surface area contributed by atoms with E-state index < -0.39 is 24.0 Å². The maximum absolute atomic E-state index is 12.9. The molecule has 1 aliphatic rings. The molecule has 0 spiro atoms. The summed E-state index contributed by atoms with van der Waals surface area (Å²) in [6, 6.07) is 7.45. The molecule has 1 aromatic rings. The number of halogens is 4. The maximum atomic E-state index is 12.9. The summed E-state index contributed by atoms with van der Waals surface area (Å²) >= 11 is 2.13. The first kappa shape index (κ1) is 15.6. The van der Waals surface area contributed by atoms with Gasteiger partial charge in [0.2, 0.25) is 0 Å². The van der Waals surface area contributed by atoms with Crippen molar-refractivity contribution >= 4 is 28.6 Å². The number of carboxylic acid groups (broad SMARTS) is 1. The molecule has 0 aliphatic carbocycles. The van der Waals surface area contributed by atoms with Crippen LogP contribution < -0.4 is 0 Å². The average molecular weight is 399 g/mol. The zero-order valence-corrected chi connectivity index (χ0v) is 12.6. The van der Waals surface area contributed by atoms with Gasteiger partial charge in [0, 0.05) is 23.2 Å². The van der Waals surface area contributed by atoms with E-state index in [9.17, 15) is 18.0 Å². The minimum absolute atomic E-state index is 0.0645. The molecule has 0 aromatic heterocycles. The Morgan fingerprint density at radius 2 is 2.10 bits per heavy atom. The van der Waals surface area contributed by atoms with Gasteiger partial charge in [-0.3, -0.25) is 9.69 Å². The van der Waals surface area contributed by atoms with Crippen LogP contribution in [0.1, 0.15) is 5.56 Å². The van der Waals surface area contributed by atoms with Gasteiger partial charge in [-0.1, -0.05) is 12.1 Å². The first-order valence-corrected chi connectivity index (χ1v) is 7.11. The van der Waals surface area contributed by atoms with Crippen molar-refractivity contribution in [2.45, 2.75) is 12.7 Å². The van der Waals surface area contributed by atoms with Crippen molar-refractivity contribution in [3.05, 3.63) is 33.4 Å². The summed E-state index contributed by atoms with van der Waals surface area (Å²) in [7, 11) is 0. The molecule has 0 bridgehead atoms. The molecule has 3 nitrogen and oxygen atoms in total. The van der Waals surface area contributed by atoms with Crippen molar-refractivity contribution in [1.82, 2.24) is 4.90 Å². The van der Waals surface area contributed by atoms with Crippen molar-refractivity contribution in [1.29, 1.82) is 0 Å². The Morgan fingerprint density at radius 3 is 2.60 bits per heavy atom. The summed E-state index contributed by atoms with van der Waals surface area (Å²) < 4.78 is 39.6. The number of hydrogen-bond acceptors (Lipinski definition) is 2. The minimum atomic E-state index is -4.47. The van der Waals surface area contributed by atoms with Gasteiger partial charge in [-0.15, -0.1) is 0 Å². The smallest absolute Gasteiger partial charge is 0.393 e. The minimum Gasteiger partial charge on any atom is -0.481 e. The summed E-state index contributed by atoms with van der Waals surface area (Å²) in [4.78, 5) is 12.5. The molecular formula is C13H13F3INO2. The molecule has 1 aromatic carbocycles. The van der Waals surface area contributed by atoms with Gasteiger partial charge in [0.1, 0.15) is 0 Å². The highest BCUT2D eigenvalue weighted by molar-refractivity contribution is 14.1. The molecule has 20 heavy (non-hydrogen) atoms. The lowest BCUT2D eigenvalue weighted by molar-refractivity contribution is -0.188. The molecule has 0 unspecified atom stereocenters. The second kappa shape index (κ2) is 5.88. The van der Waals surface area contributed by atoms with Crippen LogP contribution in [-0.4, -0.2) is 35.2 Å². The molecule has 0 amide bonds. The predicted octanol–water partition coefficient (Wildman–Crippen LogP) is 2.99. The molecule has 1 heterocycles. The van der Waals surface area contributed by atoms with Crippen molar-refractivity contribution in [3.63, 3.8) is 0 Å². The Kier molecular flexibility index (Phi) is 4.58. The molecule has 7 heteroatoms. The Labute approximate surface area is 127 Å². The van der Waals surface area contributed by atoms with E-state index in [-0.39, 0.29) is 13.1 Å². The van der Waals surface area contributed by atoms with Crippen molar-refractivity contribution in [2.24, 2.45) is 11.8 Å². The van der Waals surface area contributed by atoms with Crippen LogP contribution >= 0.6 is 22.6 Å². The van der Waals surface area contributed by atoms with Crippen LogP contribution in [-0.2, 0) is 11.3 Å². The Hall–Kier alpha value is -0.830. The van der Waals surface area contributed by atoms with Gasteiger partial charge in [0.25, 0.3) is 0 Å². The molecule has 2 atom stereocenters. The molecule has 1 fully saturated rings. The first-order valence-electron chi connectivity index (χ1n) is 6.03. The quantitative estimate of drug-likeness (QED) is 0.795. The van der Waals surface area contributed by atoms with E-state index >= 15 is 0 Å². The molecule has 0 radical (unpaired) electrons. The SMILES string of the molecule is O=C(O)[C@@H]1CN(Cc2cccc(I)c2)C[C@H]1C(F)(F)F. The molecule has 0 saturated carbocycles. The van der Waals surface area contributed by atoms with Gasteiger partial charge in [-0.05, 0) is 40.3 Å². The molecule has 1 aliphatic heterocycles. The molecule has 1 N–H and O–H groups in total. The molecule has 1 saturated heterocycles. The summed E-state index contributed by atoms with van der Waals surface area (Å²) in [6.07, 6.45) is -4.47. The van der Waals surface area contributed by atoms with Crippen LogP contribution in [0, 0.1) is 15.4 Å². The Bertz CT molecular complexity index is 507. The predicted molar refractivity (Wildman–Crippen MR) is 75.1 cm³/mol. The van der Waals surface area contributed by atoms with E-state index in [1.807, 2.05) is 24.3 Å².